The summed E-state index contributed by atoms with van der Waals surface area (Å²) in [6, 6.07) is 21.4. The quantitative estimate of drug-likeness (QED) is 0.321. The number of nitrogens with one attached hydrogen (secondary N) is 1. The third-order valence-corrected chi connectivity index (χ3v) is 8.46. The summed E-state index contributed by atoms with van der Waals surface area (Å²) in [6.07, 6.45) is 3.98. The molecule has 1 saturated heterocycles. The van der Waals surface area contributed by atoms with Gasteiger partial charge < -0.3 is 14.7 Å². The lowest BCUT2D eigenvalue weighted by atomic mass is 9.93. The monoisotopic (exact) mass is 521 g/mol. The third kappa shape index (κ3) is 4.89. The zero-order valence-electron chi connectivity index (χ0n) is 20.8. The van der Waals surface area contributed by atoms with Gasteiger partial charge in [-0.15, -0.1) is 0 Å². The van der Waals surface area contributed by atoms with Crippen LogP contribution in [0.1, 0.15) is 21.5 Å². The fourth-order valence-corrected chi connectivity index (χ4v) is 6.22. The largest absolute Gasteiger partial charge is 0.478 e. The lowest BCUT2D eigenvalue weighted by Gasteiger charge is -2.26. The van der Waals surface area contributed by atoms with Crippen molar-refractivity contribution in [1.82, 2.24) is 14.5 Å². The highest BCUT2D eigenvalue weighted by molar-refractivity contribution is 7.85. The van der Waals surface area contributed by atoms with Gasteiger partial charge in [0.05, 0.1) is 5.56 Å². The van der Waals surface area contributed by atoms with Gasteiger partial charge in [0, 0.05) is 88.6 Å². The van der Waals surface area contributed by atoms with E-state index in [-0.39, 0.29) is 5.56 Å². The van der Waals surface area contributed by atoms with E-state index in [1.54, 1.807) is 12.1 Å². The van der Waals surface area contributed by atoms with Crippen molar-refractivity contribution < 1.29 is 14.1 Å². The van der Waals surface area contributed by atoms with Crippen LogP contribution in [0, 0.1) is 11.8 Å². The highest BCUT2D eigenvalue weighted by Crippen LogP contribution is 2.30. The fraction of sp³-hybridized carbons (Fsp3) is 0.194. The van der Waals surface area contributed by atoms with Crippen LogP contribution in [-0.2, 0) is 17.3 Å². The molecule has 0 saturated carbocycles. The molecule has 0 aliphatic carbocycles. The third-order valence-electron chi connectivity index (χ3n) is 7.18. The van der Waals surface area contributed by atoms with E-state index in [0.717, 1.165) is 70.6 Å². The van der Waals surface area contributed by atoms with E-state index >= 15 is 0 Å². The van der Waals surface area contributed by atoms with Gasteiger partial charge in [-0.1, -0.05) is 36.1 Å². The Labute approximate surface area is 223 Å². The van der Waals surface area contributed by atoms with Gasteiger partial charge in [-0.25, -0.2) is 4.79 Å². The maximum Gasteiger partial charge on any atom is 0.336 e. The Bertz CT molecular complexity index is 1740. The van der Waals surface area contributed by atoms with Gasteiger partial charge in [0.15, 0.2) is 0 Å². The first-order valence-electron chi connectivity index (χ1n) is 12.7. The van der Waals surface area contributed by atoms with Gasteiger partial charge in [0.2, 0.25) is 0 Å². The number of hydrogen-bond acceptors (Lipinski definition) is 3. The van der Waals surface area contributed by atoms with E-state index in [1.807, 2.05) is 42.6 Å². The van der Waals surface area contributed by atoms with E-state index in [1.165, 1.54) is 0 Å². The van der Waals surface area contributed by atoms with Crippen molar-refractivity contribution >= 4 is 38.6 Å². The van der Waals surface area contributed by atoms with E-state index in [2.05, 4.69) is 50.7 Å². The van der Waals surface area contributed by atoms with Crippen molar-refractivity contribution in [3.8, 4) is 23.0 Å². The second kappa shape index (κ2) is 10.3. The number of benzene rings is 3. The molecule has 1 fully saturated rings. The normalized spacial score (nSPS) is 14.5. The molecule has 6 rings (SSSR count). The SMILES string of the molecule is O=C(O)c1cccc(C#Cc2ccc3ccn(CCN4CCS(=O)CC4)c3c2)c1-c1ccc2cc[nH]c2c1. The summed E-state index contributed by atoms with van der Waals surface area (Å²) in [6.45, 7) is 3.56. The first-order valence-corrected chi connectivity index (χ1v) is 14.2. The Kier molecular flexibility index (Phi) is 6.59. The molecule has 0 bridgehead atoms. The van der Waals surface area contributed by atoms with Crippen LogP contribution < -0.4 is 0 Å². The molecule has 0 atom stereocenters. The average molecular weight is 522 g/mol. The van der Waals surface area contributed by atoms with E-state index in [0.29, 0.717) is 11.1 Å². The summed E-state index contributed by atoms with van der Waals surface area (Å²) >= 11 is 0. The number of rotatable bonds is 5. The first-order chi connectivity index (χ1) is 18.5. The highest BCUT2D eigenvalue weighted by atomic mass is 32.2. The molecule has 7 heteroatoms. The lowest BCUT2D eigenvalue weighted by molar-refractivity contribution is 0.0697. The van der Waals surface area contributed by atoms with Crippen molar-refractivity contribution in [1.29, 1.82) is 0 Å². The van der Waals surface area contributed by atoms with Crippen LogP contribution in [0.4, 0.5) is 0 Å². The van der Waals surface area contributed by atoms with Gasteiger partial charge in [0.25, 0.3) is 0 Å². The molecule has 0 radical (unpaired) electrons. The van der Waals surface area contributed by atoms with Gasteiger partial charge in [0.1, 0.15) is 0 Å². The van der Waals surface area contributed by atoms with Crippen LogP contribution in [0.2, 0.25) is 0 Å². The summed E-state index contributed by atoms with van der Waals surface area (Å²) in [7, 11) is -0.666. The molecule has 1 aliphatic rings. The topological polar surface area (TPSA) is 78.3 Å². The molecule has 1 aliphatic heterocycles. The Morgan fingerprint density at radius 3 is 2.63 bits per heavy atom. The van der Waals surface area contributed by atoms with Crippen molar-refractivity contribution in [2.75, 3.05) is 31.1 Å². The molecule has 5 aromatic rings. The number of H-pyrrole nitrogens is 1. The molecule has 0 unspecified atom stereocenters. The molecular weight excluding hydrogens is 494 g/mol. The second-order valence-electron chi connectivity index (χ2n) is 9.54. The van der Waals surface area contributed by atoms with E-state index in [4.69, 9.17) is 0 Å². The van der Waals surface area contributed by atoms with Crippen LogP contribution >= 0.6 is 0 Å². The molecule has 190 valence electrons. The summed E-state index contributed by atoms with van der Waals surface area (Å²) < 4.78 is 13.9. The standard InChI is InChI=1S/C31H27N3O3S/c35-31(36)27-3-1-2-25(30(27)26-9-8-23-10-12-32-28(23)21-26)7-5-22-4-6-24-11-13-34(29(24)20-22)15-14-33-16-18-38(37)19-17-33/h1-4,6,8-13,20-21,32H,14-19H2,(H,35,36). The van der Waals surface area contributed by atoms with Gasteiger partial charge >= 0.3 is 5.97 Å². The highest BCUT2D eigenvalue weighted by Gasteiger charge is 2.16. The van der Waals surface area contributed by atoms with Crippen molar-refractivity contribution in [2.24, 2.45) is 0 Å². The molecule has 2 N–H and O–H groups in total. The predicted octanol–water partition coefficient (Wildman–Crippen LogP) is 4.95. The minimum Gasteiger partial charge on any atom is -0.478 e. The van der Waals surface area contributed by atoms with Crippen LogP contribution in [0.3, 0.4) is 0 Å². The Balaban J connectivity index is 1.32. The summed E-state index contributed by atoms with van der Waals surface area (Å²) in [5.41, 5.74) is 5.28. The van der Waals surface area contributed by atoms with Crippen molar-refractivity contribution in [3.63, 3.8) is 0 Å². The number of hydrogen-bond donors (Lipinski definition) is 2. The predicted molar refractivity (Wildman–Crippen MR) is 153 cm³/mol. The van der Waals surface area contributed by atoms with Crippen molar-refractivity contribution in [2.45, 2.75) is 6.54 Å². The molecule has 3 heterocycles. The Hall–Kier alpha value is -4.12. The second-order valence-corrected chi connectivity index (χ2v) is 11.2. The first kappa shape index (κ1) is 24.2. The smallest absolute Gasteiger partial charge is 0.336 e. The number of aromatic carboxylic acids is 1. The minimum absolute atomic E-state index is 0.230. The van der Waals surface area contributed by atoms with Gasteiger partial charge in [-0.2, -0.15) is 0 Å². The molecule has 2 aromatic heterocycles. The zero-order chi connectivity index (χ0) is 26.1. The van der Waals surface area contributed by atoms with Crippen LogP contribution in [0.15, 0.2) is 79.1 Å². The molecule has 0 amide bonds. The molecular formula is C31H27N3O3S. The number of carbonyl (C=O) groups is 1. The van der Waals surface area contributed by atoms with E-state index in [9.17, 15) is 14.1 Å². The Morgan fingerprint density at radius 1 is 0.947 bits per heavy atom. The van der Waals surface area contributed by atoms with Gasteiger partial charge in [-0.3, -0.25) is 9.11 Å². The maximum atomic E-state index is 12.1. The molecule has 6 nitrogen and oxygen atoms in total. The minimum atomic E-state index is -0.977. The van der Waals surface area contributed by atoms with Crippen LogP contribution in [0.5, 0.6) is 0 Å². The number of aromatic amines is 1. The summed E-state index contributed by atoms with van der Waals surface area (Å²) in [5.74, 6) is 7.08. The molecule has 38 heavy (non-hydrogen) atoms. The fourth-order valence-electron chi connectivity index (χ4n) is 5.09. The average Bonchev–Trinajstić information content (AvgIpc) is 3.57. The number of carboxylic acid groups (broad SMARTS) is 1. The summed E-state index contributed by atoms with van der Waals surface area (Å²) in [5, 5.41) is 12.1. The number of aromatic nitrogens is 2. The van der Waals surface area contributed by atoms with E-state index < -0.39 is 16.8 Å². The number of fused-ring (bicyclic) bond motifs is 2. The van der Waals surface area contributed by atoms with Gasteiger partial charge in [-0.05, 0) is 58.8 Å². The number of carboxylic acids is 1. The summed E-state index contributed by atoms with van der Waals surface area (Å²) in [4.78, 5) is 17.7. The zero-order valence-corrected chi connectivity index (χ0v) is 21.6. The lowest BCUT2D eigenvalue weighted by Crippen LogP contribution is -2.39. The van der Waals surface area contributed by atoms with Crippen molar-refractivity contribution in [3.05, 3.63) is 95.8 Å². The molecule has 3 aromatic carbocycles. The number of nitrogens with zero attached hydrogens (tertiary/aromatic N) is 2. The van der Waals surface area contributed by atoms with Crippen LogP contribution in [-0.4, -0.2) is 60.9 Å². The molecule has 0 spiro atoms. The Morgan fingerprint density at radius 2 is 1.79 bits per heavy atom. The van der Waals surface area contributed by atoms with Crippen LogP contribution in [0.25, 0.3) is 32.9 Å². The maximum absolute atomic E-state index is 12.1.